The summed E-state index contributed by atoms with van der Waals surface area (Å²) in [6, 6.07) is 5.97. The molecule has 0 spiro atoms. The first-order valence-electron chi connectivity index (χ1n) is 10.7. The number of nitrogens with one attached hydrogen (secondary N) is 1. The number of benzene rings is 1. The van der Waals surface area contributed by atoms with Gasteiger partial charge in [0.1, 0.15) is 0 Å². The molecule has 1 heterocycles. The van der Waals surface area contributed by atoms with Crippen LogP contribution in [0.1, 0.15) is 81.0 Å². The monoisotopic (exact) mass is 434 g/mol. The Morgan fingerprint density at radius 2 is 1.83 bits per heavy atom. The molecule has 1 aliphatic carbocycles. The fraction of sp³-hybridized carbons (Fsp3) is 0.571. The van der Waals surface area contributed by atoms with Crippen LogP contribution in [0.5, 0.6) is 0 Å². The van der Waals surface area contributed by atoms with E-state index in [1.54, 1.807) is 0 Å². The number of carbonyl (C=O) groups is 1. The second kappa shape index (κ2) is 10.2. The summed E-state index contributed by atoms with van der Waals surface area (Å²) >= 11 is 0. The van der Waals surface area contributed by atoms with E-state index in [1.165, 1.54) is 35.0 Å². The van der Waals surface area contributed by atoms with Gasteiger partial charge in [0.05, 0.1) is 4.90 Å². The van der Waals surface area contributed by atoms with Crippen LogP contribution in [0.3, 0.4) is 0 Å². The van der Waals surface area contributed by atoms with Gasteiger partial charge in [0, 0.05) is 24.6 Å². The number of aromatic nitrogens is 2. The van der Waals surface area contributed by atoms with E-state index in [0.717, 1.165) is 38.5 Å². The van der Waals surface area contributed by atoms with Gasteiger partial charge in [-0.25, -0.2) is 8.42 Å². The summed E-state index contributed by atoms with van der Waals surface area (Å²) in [6.07, 6.45) is 7.31. The van der Waals surface area contributed by atoms with Gasteiger partial charge in [-0.15, -0.1) is 5.10 Å². The van der Waals surface area contributed by atoms with Gasteiger partial charge in [-0.1, -0.05) is 44.6 Å². The Kier molecular flexibility index (Phi) is 7.60. The molecule has 1 aromatic heterocycles. The van der Waals surface area contributed by atoms with E-state index in [9.17, 15) is 13.2 Å². The molecule has 30 heavy (non-hydrogen) atoms. The summed E-state index contributed by atoms with van der Waals surface area (Å²) in [5.41, 5.74) is 0.322. The summed E-state index contributed by atoms with van der Waals surface area (Å²) < 4.78 is 32.6. The van der Waals surface area contributed by atoms with Crippen molar-refractivity contribution in [2.45, 2.75) is 69.6 Å². The highest BCUT2D eigenvalue weighted by Crippen LogP contribution is 2.32. The van der Waals surface area contributed by atoms with E-state index >= 15 is 0 Å². The van der Waals surface area contributed by atoms with Crippen LogP contribution in [0, 0.1) is 0 Å². The SMILES string of the molecule is CCCCN(CC)S(=O)(=O)c1ccc(C(=O)Nc2nnc(C3CCCCC3)o2)cc1. The van der Waals surface area contributed by atoms with Gasteiger partial charge in [-0.05, 0) is 43.5 Å². The third-order valence-corrected chi connectivity index (χ3v) is 7.47. The number of nitrogens with zero attached hydrogens (tertiary/aromatic N) is 3. The van der Waals surface area contributed by atoms with E-state index in [0.29, 0.717) is 24.5 Å². The molecule has 164 valence electrons. The van der Waals surface area contributed by atoms with Crippen molar-refractivity contribution < 1.29 is 17.6 Å². The van der Waals surface area contributed by atoms with Crippen molar-refractivity contribution in [3.63, 3.8) is 0 Å². The lowest BCUT2D eigenvalue weighted by Crippen LogP contribution is -2.31. The van der Waals surface area contributed by atoms with Crippen molar-refractivity contribution >= 4 is 21.9 Å². The van der Waals surface area contributed by atoms with Crippen LogP contribution < -0.4 is 5.32 Å². The van der Waals surface area contributed by atoms with Crippen molar-refractivity contribution in [1.82, 2.24) is 14.5 Å². The molecule has 1 aromatic carbocycles. The molecule has 0 bridgehead atoms. The molecule has 1 aliphatic rings. The Morgan fingerprint density at radius 1 is 1.13 bits per heavy atom. The third kappa shape index (κ3) is 5.26. The number of unbranched alkanes of at least 4 members (excludes halogenated alkanes) is 1. The predicted molar refractivity (Wildman–Crippen MR) is 114 cm³/mol. The zero-order valence-electron chi connectivity index (χ0n) is 17.6. The molecule has 0 radical (unpaired) electrons. The molecular weight excluding hydrogens is 404 g/mol. The topological polar surface area (TPSA) is 105 Å². The molecule has 0 aliphatic heterocycles. The molecule has 1 N–H and O–H groups in total. The van der Waals surface area contributed by atoms with Crippen LogP contribution in [-0.4, -0.2) is 41.9 Å². The van der Waals surface area contributed by atoms with Gasteiger partial charge in [0.25, 0.3) is 5.91 Å². The normalized spacial score (nSPS) is 15.4. The van der Waals surface area contributed by atoms with Crippen LogP contribution in [0.15, 0.2) is 33.6 Å². The Balaban J connectivity index is 1.65. The zero-order valence-corrected chi connectivity index (χ0v) is 18.5. The molecule has 1 amide bonds. The molecule has 2 aromatic rings. The lowest BCUT2D eigenvalue weighted by Gasteiger charge is -2.20. The number of anilines is 1. The lowest BCUT2D eigenvalue weighted by atomic mass is 9.89. The first kappa shape index (κ1) is 22.4. The largest absolute Gasteiger partial charge is 0.408 e. The molecule has 9 heteroatoms. The Morgan fingerprint density at radius 3 is 2.47 bits per heavy atom. The highest BCUT2D eigenvalue weighted by molar-refractivity contribution is 7.89. The first-order chi connectivity index (χ1) is 14.5. The lowest BCUT2D eigenvalue weighted by molar-refractivity contribution is 0.102. The number of hydrogen-bond donors (Lipinski definition) is 1. The number of rotatable bonds is 9. The molecule has 0 saturated heterocycles. The minimum atomic E-state index is -3.57. The fourth-order valence-electron chi connectivity index (χ4n) is 3.68. The van der Waals surface area contributed by atoms with Crippen molar-refractivity contribution in [3.05, 3.63) is 35.7 Å². The molecule has 0 unspecified atom stereocenters. The van der Waals surface area contributed by atoms with Crippen LogP contribution in [-0.2, 0) is 10.0 Å². The highest BCUT2D eigenvalue weighted by Gasteiger charge is 2.24. The van der Waals surface area contributed by atoms with Gasteiger partial charge in [0.2, 0.25) is 15.9 Å². The first-order valence-corrected chi connectivity index (χ1v) is 12.1. The minimum Gasteiger partial charge on any atom is -0.408 e. The standard InChI is InChI=1S/C21H30N4O4S/c1-3-5-15-25(4-2)30(27,28)18-13-11-16(12-14-18)19(26)22-21-24-23-20(29-21)17-9-7-6-8-10-17/h11-14,17H,3-10,15H2,1-2H3,(H,22,24,26). The summed E-state index contributed by atoms with van der Waals surface area (Å²) in [7, 11) is -3.57. The fourth-order valence-corrected chi connectivity index (χ4v) is 5.17. The van der Waals surface area contributed by atoms with Crippen LogP contribution >= 0.6 is 0 Å². The van der Waals surface area contributed by atoms with E-state index in [-0.39, 0.29) is 16.8 Å². The van der Waals surface area contributed by atoms with Gasteiger partial charge in [-0.3, -0.25) is 10.1 Å². The number of amides is 1. The predicted octanol–water partition coefficient (Wildman–Crippen LogP) is 4.18. The van der Waals surface area contributed by atoms with Crippen LogP contribution in [0.25, 0.3) is 0 Å². The second-order valence-electron chi connectivity index (χ2n) is 7.61. The quantitative estimate of drug-likeness (QED) is 0.635. The molecule has 1 saturated carbocycles. The number of carbonyl (C=O) groups excluding carboxylic acids is 1. The van der Waals surface area contributed by atoms with Gasteiger partial charge < -0.3 is 4.42 Å². The van der Waals surface area contributed by atoms with E-state index < -0.39 is 15.9 Å². The summed E-state index contributed by atoms with van der Waals surface area (Å²) in [5.74, 6) is 0.407. The highest BCUT2D eigenvalue weighted by atomic mass is 32.2. The molecular formula is C21H30N4O4S. The minimum absolute atomic E-state index is 0.0639. The zero-order chi connectivity index (χ0) is 21.6. The van der Waals surface area contributed by atoms with Crippen LogP contribution in [0.4, 0.5) is 6.01 Å². The maximum absolute atomic E-state index is 12.8. The number of sulfonamides is 1. The summed E-state index contributed by atoms with van der Waals surface area (Å²) in [4.78, 5) is 12.7. The Bertz CT molecular complexity index is 934. The molecule has 3 rings (SSSR count). The third-order valence-electron chi connectivity index (χ3n) is 5.48. The second-order valence-corrected chi connectivity index (χ2v) is 9.55. The maximum atomic E-state index is 12.8. The summed E-state index contributed by atoms with van der Waals surface area (Å²) in [6.45, 7) is 4.74. The maximum Gasteiger partial charge on any atom is 0.322 e. The average Bonchev–Trinajstić information content (AvgIpc) is 3.23. The van der Waals surface area contributed by atoms with Crippen LogP contribution in [0.2, 0.25) is 0 Å². The van der Waals surface area contributed by atoms with E-state index in [2.05, 4.69) is 15.5 Å². The van der Waals surface area contributed by atoms with Gasteiger partial charge in [0.15, 0.2) is 0 Å². The average molecular weight is 435 g/mol. The van der Waals surface area contributed by atoms with Crippen molar-refractivity contribution in [2.24, 2.45) is 0 Å². The van der Waals surface area contributed by atoms with Gasteiger partial charge >= 0.3 is 6.01 Å². The smallest absolute Gasteiger partial charge is 0.322 e. The van der Waals surface area contributed by atoms with Gasteiger partial charge in [-0.2, -0.15) is 4.31 Å². The Hall–Kier alpha value is -2.26. The van der Waals surface area contributed by atoms with Crippen molar-refractivity contribution in [3.8, 4) is 0 Å². The van der Waals surface area contributed by atoms with E-state index in [1.807, 2.05) is 13.8 Å². The van der Waals surface area contributed by atoms with Crippen molar-refractivity contribution in [2.75, 3.05) is 18.4 Å². The van der Waals surface area contributed by atoms with E-state index in [4.69, 9.17) is 4.42 Å². The molecule has 8 nitrogen and oxygen atoms in total. The molecule has 0 atom stereocenters. The summed E-state index contributed by atoms with van der Waals surface area (Å²) in [5, 5.41) is 10.6. The molecule has 1 fully saturated rings. The number of hydrogen-bond acceptors (Lipinski definition) is 6. The Labute approximate surface area is 178 Å². The van der Waals surface area contributed by atoms with Crippen molar-refractivity contribution in [1.29, 1.82) is 0 Å².